The maximum Gasteiger partial charge on any atom is 0.0591 e. The van der Waals surface area contributed by atoms with E-state index in [1.165, 1.54) is 0 Å². The Morgan fingerprint density at radius 3 is 1.55 bits per heavy atom. The first-order valence-corrected chi connectivity index (χ1v) is 3.28. The van der Waals surface area contributed by atoms with Gasteiger partial charge in [-0.1, -0.05) is 0 Å². The number of ether oxygens (including phenoxy) is 1. The largest absolute Gasteiger partial charge is 0.379 e. The molecule has 0 aliphatic heterocycles. The summed E-state index contributed by atoms with van der Waals surface area (Å²) in [4.78, 5) is 0. The van der Waals surface area contributed by atoms with Crippen LogP contribution in [-0.4, -0.2) is 40.4 Å². The van der Waals surface area contributed by atoms with Crippen molar-refractivity contribution in [3.63, 3.8) is 0 Å². The summed E-state index contributed by atoms with van der Waals surface area (Å²) in [5, 5.41) is 6.00. The molecule has 0 aliphatic rings. The van der Waals surface area contributed by atoms with Crippen molar-refractivity contribution in [2.75, 3.05) is 40.4 Å². The van der Waals surface area contributed by atoms with Crippen molar-refractivity contribution in [1.29, 1.82) is 0 Å². The van der Waals surface area contributed by atoms with Crippen molar-refractivity contribution >= 4 is 24.8 Å². The third kappa shape index (κ3) is 17.9. The van der Waals surface area contributed by atoms with Gasteiger partial charge in [0.2, 0.25) is 0 Å². The van der Waals surface area contributed by atoms with Gasteiger partial charge < -0.3 is 15.4 Å². The third-order valence-corrected chi connectivity index (χ3v) is 0.993. The Balaban J connectivity index is -0.000000320. The van der Waals surface area contributed by atoms with Gasteiger partial charge in [-0.3, -0.25) is 0 Å². The molecule has 0 aromatic rings. The number of nitrogens with one attached hydrogen (secondary N) is 2. The zero-order chi connectivity index (χ0) is 6.95. The van der Waals surface area contributed by atoms with E-state index < -0.39 is 0 Å². The fourth-order valence-corrected chi connectivity index (χ4v) is 0.451. The molecule has 0 unspecified atom stereocenters. The molecule has 0 heterocycles. The van der Waals surface area contributed by atoms with Crippen LogP contribution >= 0.6 is 24.8 Å². The second kappa shape index (κ2) is 16.8. The predicted molar refractivity (Wildman–Crippen MR) is 53.2 cm³/mol. The second-order valence-corrected chi connectivity index (χ2v) is 1.82. The highest BCUT2D eigenvalue weighted by Gasteiger charge is 1.83. The lowest BCUT2D eigenvalue weighted by atomic mass is 10.6. The molecule has 2 N–H and O–H groups in total. The van der Waals surface area contributed by atoms with Crippen LogP contribution in [0.4, 0.5) is 0 Å². The lowest BCUT2D eigenvalue weighted by Crippen LogP contribution is -2.19. The van der Waals surface area contributed by atoms with Crippen molar-refractivity contribution < 1.29 is 4.74 Å². The monoisotopic (exact) mass is 204 g/mol. The van der Waals surface area contributed by atoms with E-state index in [0.29, 0.717) is 0 Å². The van der Waals surface area contributed by atoms with Gasteiger partial charge >= 0.3 is 0 Å². The van der Waals surface area contributed by atoms with Crippen molar-refractivity contribution in [2.45, 2.75) is 0 Å². The molecule has 0 bridgehead atoms. The van der Waals surface area contributed by atoms with E-state index >= 15 is 0 Å². The van der Waals surface area contributed by atoms with Crippen molar-refractivity contribution in [1.82, 2.24) is 10.6 Å². The molecule has 0 rings (SSSR count). The summed E-state index contributed by atoms with van der Waals surface area (Å²) < 4.78 is 5.19. The number of likely N-dealkylation sites (N-methyl/N-ethyl adjacent to an activating group) is 2. The van der Waals surface area contributed by atoms with Crippen LogP contribution in [0.5, 0.6) is 0 Å². The molecule has 0 atom stereocenters. The predicted octanol–water partition coefficient (Wildman–Crippen LogP) is 0.285. The van der Waals surface area contributed by atoms with E-state index in [0.717, 1.165) is 26.3 Å². The third-order valence-electron chi connectivity index (χ3n) is 0.993. The van der Waals surface area contributed by atoms with E-state index in [4.69, 9.17) is 4.74 Å². The molecule has 5 heteroatoms. The van der Waals surface area contributed by atoms with Gasteiger partial charge in [-0.2, -0.15) is 0 Å². The van der Waals surface area contributed by atoms with Gasteiger partial charge in [-0.05, 0) is 14.1 Å². The fraction of sp³-hybridized carbons (Fsp3) is 1.00. The molecule has 0 fully saturated rings. The van der Waals surface area contributed by atoms with Crippen LogP contribution in [0.1, 0.15) is 0 Å². The quantitative estimate of drug-likeness (QED) is 0.611. The average Bonchev–Trinajstić information content (AvgIpc) is 1.89. The van der Waals surface area contributed by atoms with E-state index in [-0.39, 0.29) is 24.8 Å². The number of rotatable bonds is 6. The molecule has 11 heavy (non-hydrogen) atoms. The summed E-state index contributed by atoms with van der Waals surface area (Å²) >= 11 is 0. The van der Waals surface area contributed by atoms with Crippen LogP contribution in [-0.2, 0) is 4.74 Å². The van der Waals surface area contributed by atoms with Crippen LogP contribution in [0.15, 0.2) is 0 Å². The Bertz CT molecular complexity index is 51.8. The lowest BCUT2D eigenvalue weighted by Gasteiger charge is -2.01. The van der Waals surface area contributed by atoms with E-state index in [1.54, 1.807) is 0 Å². The topological polar surface area (TPSA) is 33.3 Å². The Kier molecular flexibility index (Phi) is 26.8. The first-order valence-electron chi connectivity index (χ1n) is 3.28. The van der Waals surface area contributed by atoms with Gasteiger partial charge in [-0.25, -0.2) is 0 Å². The molecule has 72 valence electrons. The van der Waals surface area contributed by atoms with E-state index in [2.05, 4.69) is 10.6 Å². The molecule has 0 saturated heterocycles. The van der Waals surface area contributed by atoms with Gasteiger partial charge in [0.15, 0.2) is 0 Å². The standard InChI is InChI=1S/C6H16N2O.2ClH/c1-7-3-5-9-6-4-8-2;;/h7-8H,3-6H2,1-2H3;2*1H. The highest BCUT2D eigenvalue weighted by Crippen LogP contribution is 1.69. The zero-order valence-corrected chi connectivity index (χ0v) is 8.69. The minimum absolute atomic E-state index is 0. The minimum atomic E-state index is 0. The average molecular weight is 205 g/mol. The number of hydrogen-bond acceptors (Lipinski definition) is 3. The number of halogens is 2. The SMILES string of the molecule is CNCCOCCNC.Cl.Cl. The van der Waals surface area contributed by atoms with Gasteiger partial charge in [0, 0.05) is 13.1 Å². The molecule has 0 amide bonds. The highest BCUT2D eigenvalue weighted by atomic mass is 35.5. The van der Waals surface area contributed by atoms with E-state index in [1.807, 2.05) is 14.1 Å². The van der Waals surface area contributed by atoms with Crippen molar-refractivity contribution in [2.24, 2.45) is 0 Å². The van der Waals surface area contributed by atoms with Gasteiger partial charge in [0.25, 0.3) is 0 Å². The van der Waals surface area contributed by atoms with Crippen molar-refractivity contribution in [3.05, 3.63) is 0 Å². The Morgan fingerprint density at radius 2 is 1.27 bits per heavy atom. The maximum absolute atomic E-state index is 5.19. The molecule has 0 saturated carbocycles. The Labute approximate surface area is 81.1 Å². The Morgan fingerprint density at radius 1 is 0.909 bits per heavy atom. The summed E-state index contributed by atoms with van der Waals surface area (Å²) in [6, 6.07) is 0. The molecule has 0 aromatic carbocycles. The first kappa shape index (κ1) is 17.5. The molecule has 0 spiro atoms. The smallest absolute Gasteiger partial charge is 0.0591 e. The summed E-state index contributed by atoms with van der Waals surface area (Å²) in [6.45, 7) is 3.48. The van der Waals surface area contributed by atoms with Crippen molar-refractivity contribution in [3.8, 4) is 0 Å². The Hall–Kier alpha value is 0.460. The van der Waals surface area contributed by atoms with Crippen LogP contribution in [0, 0.1) is 0 Å². The number of hydrogen-bond donors (Lipinski definition) is 2. The van der Waals surface area contributed by atoms with Crippen LogP contribution in [0.3, 0.4) is 0 Å². The molecular weight excluding hydrogens is 187 g/mol. The maximum atomic E-state index is 5.19. The molecule has 3 nitrogen and oxygen atoms in total. The normalized spacial score (nSPS) is 8.18. The van der Waals surface area contributed by atoms with Gasteiger partial charge in [-0.15, -0.1) is 24.8 Å². The van der Waals surface area contributed by atoms with Crippen LogP contribution in [0.2, 0.25) is 0 Å². The van der Waals surface area contributed by atoms with Crippen LogP contribution < -0.4 is 10.6 Å². The lowest BCUT2D eigenvalue weighted by molar-refractivity contribution is 0.140. The minimum Gasteiger partial charge on any atom is -0.379 e. The fourth-order valence-electron chi connectivity index (χ4n) is 0.451. The molecular formula is C6H18Cl2N2O. The van der Waals surface area contributed by atoms with E-state index in [9.17, 15) is 0 Å². The van der Waals surface area contributed by atoms with Gasteiger partial charge in [0.05, 0.1) is 13.2 Å². The summed E-state index contributed by atoms with van der Waals surface area (Å²) in [7, 11) is 3.84. The zero-order valence-electron chi connectivity index (χ0n) is 7.05. The first-order chi connectivity index (χ1) is 4.41. The molecule has 0 aromatic heterocycles. The summed E-state index contributed by atoms with van der Waals surface area (Å²) in [5.41, 5.74) is 0. The van der Waals surface area contributed by atoms with Crippen LogP contribution in [0.25, 0.3) is 0 Å². The van der Waals surface area contributed by atoms with Gasteiger partial charge in [0.1, 0.15) is 0 Å². The summed E-state index contributed by atoms with van der Waals surface area (Å²) in [5.74, 6) is 0. The highest BCUT2D eigenvalue weighted by molar-refractivity contribution is 5.85. The summed E-state index contributed by atoms with van der Waals surface area (Å²) in [6.07, 6.45) is 0. The molecule has 0 radical (unpaired) electrons. The second-order valence-electron chi connectivity index (χ2n) is 1.82. The molecule has 0 aliphatic carbocycles.